The molecule has 0 fully saturated rings. The number of hydrogen-bond donors (Lipinski definition) is 0. The lowest BCUT2D eigenvalue weighted by Crippen LogP contribution is -2.30. The Morgan fingerprint density at radius 1 is 0.302 bits per heavy atom. The molecule has 6 heteroatoms. The van der Waals surface area contributed by atoms with Crippen molar-refractivity contribution in [3.05, 3.63) is 12.2 Å². The maximum absolute atomic E-state index is 12.8. The van der Waals surface area contributed by atoms with E-state index in [0.717, 1.165) is 64.2 Å². The molecule has 0 aliphatic rings. The summed E-state index contributed by atoms with van der Waals surface area (Å²) < 4.78 is 16.8. The first kappa shape index (κ1) is 61.1. The van der Waals surface area contributed by atoms with E-state index in [1.54, 1.807) is 0 Å². The molecule has 0 aliphatic heterocycles. The van der Waals surface area contributed by atoms with Crippen molar-refractivity contribution in [2.45, 2.75) is 322 Å². The van der Waals surface area contributed by atoms with E-state index in [1.165, 1.54) is 212 Å². The van der Waals surface area contributed by atoms with Crippen LogP contribution in [0.5, 0.6) is 0 Å². The molecule has 0 saturated heterocycles. The first-order valence-corrected chi connectivity index (χ1v) is 28.2. The summed E-state index contributed by atoms with van der Waals surface area (Å²) >= 11 is 0. The normalized spacial score (nSPS) is 12.0. The molecule has 0 saturated carbocycles. The third-order valence-electron chi connectivity index (χ3n) is 12.8. The van der Waals surface area contributed by atoms with Gasteiger partial charge in [-0.05, 0) is 38.5 Å². The summed E-state index contributed by atoms with van der Waals surface area (Å²) in [6.45, 7) is 6.65. The molecule has 0 rings (SSSR count). The van der Waals surface area contributed by atoms with Crippen LogP contribution < -0.4 is 0 Å². The molecule has 1 atom stereocenters. The van der Waals surface area contributed by atoms with Gasteiger partial charge in [-0.25, -0.2) is 0 Å². The number of allylic oxidation sites excluding steroid dienone is 2. The van der Waals surface area contributed by atoms with Crippen LogP contribution in [0.2, 0.25) is 0 Å². The van der Waals surface area contributed by atoms with Crippen LogP contribution in [-0.4, -0.2) is 37.2 Å². The molecule has 0 aromatic carbocycles. The number of hydrogen-bond acceptors (Lipinski definition) is 6. The van der Waals surface area contributed by atoms with Crippen LogP contribution in [0.15, 0.2) is 12.2 Å². The summed E-state index contributed by atoms with van der Waals surface area (Å²) in [5, 5.41) is 0. The quantitative estimate of drug-likeness (QED) is 0.0262. The van der Waals surface area contributed by atoms with E-state index < -0.39 is 6.10 Å². The van der Waals surface area contributed by atoms with Crippen LogP contribution in [0.4, 0.5) is 0 Å². The van der Waals surface area contributed by atoms with Crippen molar-refractivity contribution in [1.82, 2.24) is 0 Å². The van der Waals surface area contributed by atoms with Crippen molar-refractivity contribution < 1.29 is 28.6 Å². The van der Waals surface area contributed by atoms with Crippen LogP contribution >= 0.6 is 0 Å². The molecule has 0 amide bonds. The van der Waals surface area contributed by atoms with E-state index in [-0.39, 0.29) is 31.1 Å². The summed E-state index contributed by atoms with van der Waals surface area (Å²) in [5.74, 6) is -0.855. The topological polar surface area (TPSA) is 78.9 Å². The van der Waals surface area contributed by atoms with Crippen molar-refractivity contribution in [3.63, 3.8) is 0 Å². The fourth-order valence-corrected chi connectivity index (χ4v) is 8.49. The zero-order valence-corrected chi connectivity index (χ0v) is 42.6. The molecule has 1 unspecified atom stereocenters. The molecule has 372 valence electrons. The van der Waals surface area contributed by atoms with Gasteiger partial charge in [-0.3, -0.25) is 14.4 Å². The Morgan fingerprint density at radius 2 is 0.540 bits per heavy atom. The second-order valence-electron chi connectivity index (χ2n) is 19.2. The molecular weight excluding hydrogens is 781 g/mol. The van der Waals surface area contributed by atoms with E-state index >= 15 is 0 Å². The average molecular weight is 889 g/mol. The molecule has 0 aromatic rings. The second kappa shape index (κ2) is 52.8. The monoisotopic (exact) mass is 889 g/mol. The Kier molecular flexibility index (Phi) is 51.2. The third kappa shape index (κ3) is 51.0. The minimum absolute atomic E-state index is 0.0667. The number of ether oxygens (including phenoxy) is 3. The second-order valence-corrected chi connectivity index (χ2v) is 19.2. The van der Waals surface area contributed by atoms with Crippen LogP contribution in [0.3, 0.4) is 0 Å². The Balaban J connectivity index is 4.26. The predicted molar refractivity (Wildman–Crippen MR) is 270 cm³/mol. The Morgan fingerprint density at radius 3 is 0.841 bits per heavy atom. The largest absolute Gasteiger partial charge is 0.462 e. The molecule has 63 heavy (non-hydrogen) atoms. The van der Waals surface area contributed by atoms with E-state index in [9.17, 15) is 14.4 Å². The highest BCUT2D eigenvalue weighted by atomic mass is 16.6. The van der Waals surface area contributed by atoms with Gasteiger partial charge in [-0.2, -0.15) is 0 Å². The number of carbonyl (C=O) groups is 3. The van der Waals surface area contributed by atoms with Gasteiger partial charge < -0.3 is 14.2 Å². The highest BCUT2D eigenvalue weighted by Crippen LogP contribution is 2.17. The molecule has 0 spiro atoms. The first-order valence-electron chi connectivity index (χ1n) is 28.2. The maximum atomic E-state index is 12.8. The fraction of sp³-hybridized carbons (Fsp3) is 0.912. The molecular formula is C57H108O6. The highest BCUT2D eigenvalue weighted by Gasteiger charge is 2.19. The van der Waals surface area contributed by atoms with Gasteiger partial charge in [0.25, 0.3) is 0 Å². The van der Waals surface area contributed by atoms with Crippen molar-refractivity contribution >= 4 is 17.9 Å². The van der Waals surface area contributed by atoms with Gasteiger partial charge in [0.15, 0.2) is 6.10 Å². The van der Waals surface area contributed by atoms with Crippen molar-refractivity contribution in [2.75, 3.05) is 13.2 Å². The lowest BCUT2D eigenvalue weighted by molar-refractivity contribution is -0.167. The number of carbonyl (C=O) groups excluding carboxylic acids is 3. The minimum Gasteiger partial charge on any atom is -0.462 e. The van der Waals surface area contributed by atoms with Gasteiger partial charge in [0.1, 0.15) is 13.2 Å². The maximum Gasteiger partial charge on any atom is 0.306 e. The van der Waals surface area contributed by atoms with E-state index in [4.69, 9.17) is 14.2 Å². The number of rotatable bonds is 52. The van der Waals surface area contributed by atoms with Crippen molar-refractivity contribution in [2.24, 2.45) is 0 Å². The minimum atomic E-state index is -0.766. The fourth-order valence-electron chi connectivity index (χ4n) is 8.49. The van der Waals surface area contributed by atoms with Crippen LogP contribution in [-0.2, 0) is 28.6 Å². The summed E-state index contributed by atoms with van der Waals surface area (Å²) in [5.41, 5.74) is 0. The standard InChI is InChI=1S/C57H108O6/c1-4-7-10-13-16-19-22-24-26-27-28-29-31-32-35-38-41-44-47-50-56(59)62-53-54(52-61-55(58)49-46-43-40-37-34-21-18-15-12-9-6-3)63-57(60)51-48-45-42-39-36-33-30-25-23-20-17-14-11-8-5-2/h15,18,54H,4-14,16-17,19-53H2,1-3H3/b18-15-. The molecule has 0 radical (unpaired) electrons. The Hall–Kier alpha value is -1.85. The number of esters is 3. The molecule has 0 aromatic heterocycles. The smallest absolute Gasteiger partial charge is 0.306 e. The Labute approximate surface area is 392 Å². The van der Waals surface area contributed by atoms with Crippen molar-refractivity contribution in [3.8, 4) is 0 Å². The van der Waals surface area contributed by atoms with Gasteiger partial charge in [0.2, 0.25) is 0 Å². The van der Waals surface area contributed by atoms with E-state index in [2.05, 4.69) is 32.9 Å². The third-order valence-corrected chi connectivity index (χ3v) is 12.8. The summed E-state index contributed by atoms with van der Waals surface area (Å²) in [6, 6.07) is 0. The predicted octanol–water partition coefficient (Wildman–Crippen LogP) is 18.5. The van der Waals surface area contributed by atoms with Crippen LogP contribution in [0.25, 0.3) is 0 Å². The van der Waals surface area contributed by atoms with Crippen LogP contribution in [0.1, 0.15) is 316 Å². The van der Waals surface area contributed by atoms with E-state index in [1.807, 2.05) is 0 Å². The number of unbranched alkanes of at least 4 members (excludes halogenated alkanes) is 39. The van der Waals surface area contributed by atoms with Gasteiger partial charge in [0.05, 0.1) is 0 Å². The lowest BCUT2D eigenvalue weighted by atomic mass is 10.0. The molecule has 0 bridgehead atoms. The van der Waals surface area contributed by atoms with E-state index in [0.29, 0.717) is 19.3 Å². The lowest BCUT2D eigenvalue weighted by Gasteiger charge is -2.18. The summed E-state index contributed by atoms with van der Waals surface area (Å²) in [6.07, 6.45) is 59.2. The summed E-state index contributed by atoms with van der Waals surface area (Å²) in [7, 11) is 0. The first-order chi connectivity index (χ1) is 31.0. The Bertz CT molecular complexity index is 978. The van der Waals surface area contributed by atoms with Gasteiger partial charge in [-0.1, -0.05) is 270 Å². The zero-order valence-electron chi connectivity index (χ0n) is 42.6. The van der Waals surface area contributed by atoms with Gasteiger partial charge >= 0.3 is 17.9 Å². The molecule has 0 N–H and O–H groups in total. The van der Waals surface area contributed by atoms with Gasteiger partial charge in [0, 0.05) is 19.3 Å². The highest BCUT2D eigenvalue weighted by molar-refractivity contribution is 5.71. The van der Waals surface area contributed by atoms with Crippen molar-refractivity contribution in [1.29, 1.82) is 0 Å². The molecule has 0 heterocycles. The average Bonchev–Trinajstić information content (AvgIpc) is 3.28. The SMILES string of the molecule is CCCC/C=C\CCCCCCCC(=O)OCC(COC(=O)CCCCCCCCCCCCCCCCCCCCC)OC(=O)CCCCCCCCCCCCCCCCC. The zero-order chi connectivity index (χ0) is 45.8. The van der Waals surface area contributed by atoms with Gasteiger partial charge in [-0.15, -0.1) is 0 Å². The van der Waals surface area contributed by atoms with Crippen LogP contribution in [0, 0.1) is 0 Å². The summed E-state index contributed by atoms with van der Waals surface area (Å²) in [4.78, 5) is 38.0. The molecule has 6 nitrogen and oxygen atoms in total. The molecule has 0 aliphatic carbocycles.